The summed E-state index contributed by atoms with van der Waals surface area (Å²) in [6.45, 7) is 1.76. The third kappa shape index (κ3) is 3.27. The summed E-state index contributed by atoms with van der Waals surface area (Å²) in [5.74, 6) is 0.594. The first-order chi connectivity index (χ1) is 15.0. The minimum atomic E-state index is -0.481. The Morgan fingerprint density at radius 1 is 1.19 bits per heavy atom. The van der Waals surface area contributed by atoms with Gasteiger partial charge in [0.05, 0.1) is 17.9 Å². The van der Waals surface area contributed by atoms with E-state index in [-0.39, 0.29) is 11.5 Å². The summed E-state index contributed by atoms with van der Waals surface area (Å²) < 4.78 is 6.29. The fraction of sp³-hybridized carbons (Fsp3) is 0.391. The van der Waals surface area contributed by atoms with Gasteiger partial charge in [0.15, 0.2) is 0 Å². The number of fused-ring (bicyclic) bond motifs is 3. The lowest BCUT2D eigenvalue weighted by molar-refractivity contribution is -0.0966. The SMILES string of the molecule is CN(C)c1ncc2c(n1)C1(CCN(C(=O)c3c[nH]c(=O)c4ccccc34)CC1)OCC2. The van der Waals surface area contributed by atoms with Crippen LogP contribution >= 0.6 is 0 Å². The van der Waals surface area contributed by atoms with Gasteiger partial charge in [0, 0.05) is 50.4 Å². The van der Waals surface area contributed by atoms with Crippen LogP contribution in [0.25, 0.3) is 10.8 Å². The summed E-state index contributed by atoms with van der Waals surface area (Å²) in [5.41, 5.74) is 1.94. The molecule has 2 aliphatic heterocycles. The van der Waals surface area contributed by atoms with Gasteiger partial charge in [0.1, 0.15) is 5.60 Å². The number of amides is 1. The third-order valence-electron chi connectivity index (χ3n) is 6.33. The second kappa shape index (κ2) is 7.46. The smallest absolute Gasteiger partial charge is 0.255 e. The van der Waals surface area contributed by atoms with Crippen molar-refractivity contribution < 1.29 is 9.53 Å². The second-order valence-electron chi connectivity index (χ2n) is 8.40. The Bertz CT molecular complexity index is 1210. The molecular weight excluding hydrogens is 394 g/mol. The summed E-state index contributed by atoms with van der Waals surface area (Å²) in [5, 5.41) is 1.21. The molecule has 0 atom stereocenters. The van der Waals surface area contributed by atoms with E-state index in [2.05, 4.69) is 9.97 Å². The molecule has 0 radical (unpaired) electrons. The molecule has 2 aromatic heterocycles. The van der Waals surface area contributed by atoms with Crippen LogP contribution in [0.4, 0.5) is 5.95 Å². The Kier molecular flexibility index (Phi) is 4.74. The third-order valence-corrected chi connectivity index (χ3v) is 6.33. The maximum atomic E-state index is 13.3. The molecule has 4 heterocycles. The molecule has 1 aromatic carbocycles. The highest BCUT2D eigenvalue weighted by molar-refractivity contribution is 6.06. The van der Waals surface area contributed by atoms with Gasteiger partial charge in [-0.15, -0.1) is 0 Å². The molecule has 1 spiro atoms. The molecule has 1 N–H and O–H groups in total. The molecule has 8 nitrogen and oxygen atoms in total. The van der Waals surface area contributed by atoms with Crippen molar-refractivity contribution in [1.29, 1.82) is 0 Å². The van der Waals surface area contributed by atoms with Crippen molar-refractivity contribution in [2.45, 2.75) is 24.9 Å². The van der Waals surface area contributed by atoms with Crippen molar-refractivity contribution >= 4 is 22.6 Å². The van der Waals surface area contributed by atoms with Crippen LogP contribution in [0.3, 0.4) is 0 Å². The maximum Gasteiger partial charge on any atom is 0.255 e. The molecule has 160 valence electrons. The highest BCUT2D eigenvalue weighted by atomic mass is 16.5. The molecule has 1 fully saturated rings. The number of benzene rings is 1. The molecule has 2 aliphatic rings. The highest BCUT2D eigenvalue weighted by Gasteiger charge is 2.43. The van der Waals surface area contributed by atoms with Crippen LogP contribution in [0, 0.1) is 0 Å². The quantitative estimate of drug-likeness (QED) is 0.684. The number of ether oxygens (including phenoxy) is 1. The van der Waals surface area contributed by atoms with Gasteiger partial charge >= 0.3 is 0 Å². The average Bonchev–Trinajstić information content (AvgIpc) is 2.80. The van der Waals surface area contributed by atoms with E-state index in [1.165, 1.54) is 6.20 Å². The average molecular weight is 419 g/mol. The van der Waals surface area contributed by atoms with Crippen LogP contribution < -0.4 is 10.5 Å². The number of hydrogen-bond donors (Lipinski definition) is 1. The molecule has 5 rings (SSSR count). The largest absolute Gasteiger partial charge is 0.368 e. The fourth-order valence-corrected chi connectivity index (χ4v) is 4.62. The summed E-state index contributed by atoms with van der Waals surface area (Å²) in [4.78, 5) is 41.1. The zero-order valence-corrected chi connectivity index (χ0v) is 17.7. The molecule has 0 unspecified atom stereocenters. The number of nitrogens with zero attached hydrogens (tertiary/aromatic N) is 4. The van der Waals surface area contributed by atoms with Gasteiger partial charge in [-0.3, -0.25) is 9.59 Å². The van der Waals surface area contributed by atoms with Gasteiger partial charge in [0.2, 0.25) is 5.95 Å². The number of pyridine rings is 1. The van der Waals surface area contributed by atoms with Crippen molar-refractivity contribution in [1.82, 2.24) is 19.9 Å². The standard InChI is InChI=1S/C23H25N5O3/c1-27(2)22-25-13-15-7-12-31-23(19(15)26-22)8-10-28(11-9-23)21(30)18-14-24-20(29)17-6-4-3-5-16(17)18/h3-6,13-14H,7-12H2,1-2H3,(H,24,29). The van der Waals surface area contributed by atoms with Gasteiger partial charge in [-0.2, -0.15) is 0 Å². The zero-order chi connectivity index (χ0) is 21.6. The summed E-state index contributed by atoms with van der Waals surface area (Å²) in [6.07, 6.45) is 5.59. The van der Waals surface area contributed by atoms with Crippen LogP contribution in [0.1, 0.15) is 34.5 Å². The lowest BCUT2D eigenvalue weighted by Crippen LogP contribution is -2.49. The number of aromatic amines is 1. The minimum absolute atomic E-state index is 0.0741. The maximum absolute atomic E-state index is 13.3. The number of likely N-dealkylation sites (tertiary alicyclic amines) is 1. The number of anilines is 1. The number of rotatable bonds is 2. The topological polar surface area (TPSA) is 91.4 Å². The van der Waals surface area contributed by atoms with E-state index in [1.807, 2.05) is 42.2 Å². The Morgan fingerprint density at radius 3 is 2.68 bits per heavy atom. The first-order valence-electron chi connectivity index (χ1n) is 10.6. The predicted octanol–water partition coefficient (Wildman–Crippen LogP) is 2.09. The van der Waals surface area contributed by atoms with Gasteiger partial charge in [-0.25, -0.2) is 9.97 Å². The van der Waals surface area contributed by atoms with Crippen molar-refractivity contribution in [3.63, 3.8) is 0 Å². The summed E-state index contributed by atoms with van der Waals surface area (Å²) >= 11 is 0. The number of aromatic nitrogens is 3. The van der Waals surface area contributed by atoms with Crippen LogP contribution in [-0.4, -0.2) is 59.6 Å². The Labute approximate surface area is 179 Å². The van der Waals surface area contributed by atoms with E-state index < -0.39 is 5.60 Å². The van der Waals surface area contributed by atoms with Gasteiger partial charge in [0.25, 0.3) is 11.5 Å². The predicted molar refractivity (Wildman–Crippen MR) is 117 cm³/mol. The van der Waals surface area contributed by atoms with E-state index in [9.17, 15) is 9.59 Å². The molecule has 3 aromatic rings. The number of carbonyl (C=O) groups excluding carboxylic acids is 1. The molecule has 0 bridgehead atoms. The Hall–Kier alpha value is -3.26. The van der Waals surface area contributed by atoms with Gasteiger partial charge < -0.3 is 19.5 Å². The van der Waals surface area contributed by atoms with Crippen LogP contribution in [0.5, 0.6) is 0 Å². The van der Waals surface area contributed by atoms with Gasteiger partial charge in [-0.1, -0.05) is 18.2 Å². The zero-order valence-electron chi connectivity index (χ0n) is 17.7. The Balaban J connectivity index is 1.42. The van der Waals surface area contributed by atoms with Crippen LogP contribution in [-0.2, 0) is 16.8 Å². The minimum Gasteiger partial charge on any atom is -0.368 e. The number of carbonyl (C=O) groups is 1. The van der Waals surface area contributed by atoms with E-state index in [4.69, 9.17) is 9.72 Å². The molecule has 0 aliphatic carbocycles. The van der Waals surface area contributed by atoms with Crippen molar-refractivity contribution in [3.05, 3.63) is 63.8 Å². The number of H-pyrrole nitrogens is 1. The van der Waals surface area contributed by atoms with Gasteiger partial charge in [-0.05, 0) is 30.9 Å². The fourth-order valence-electron chi connectivity index (χ4n) is 4.62. The van der Waals surface area contributed by atoms with Crippen molar-refractivity contribution in [2.75, 3.05) is 38.7 Å². The van der Waals surface area contributed by atoms with Crippen LogP contribution in [0.15, 0.2) is 41.5 Å². The lowest BCUT2D eigenvalue weighted by atomic mass is 9.83. The van der Waals surface area contributed by atoms with E-state index in [1.54, 1.807) is 12.1 Å². The number of nitrogens with one attached hydrogen (secondary N) is 1. The monoisotopic (exact) mass is 419 g/mol. The summed E-state index contributed by atoms with van der Waals surface area (Å²) in [7, 11) is 3.85. The first-order valence-corrected chi connectivity index (χ1v) is 10.6. The first kappa shape index (κ1) is 19.7. The number of hydrogen-bond acceptors (Lipinski definition) is 6. The normalized spacial score (nSPS) is 17.5. The van der Waals surface area contributed by atoms with E-state index in [0.717, 1.165) is 17.7 Å². The molecule has 1 saturated heterocycles. The second-order valence-corrected chi connectivity index (χ2v) is 8.40. The molecule has 0 saturated carbocycles. The molecule has 31 heavy (non-hydrogen) atoms. The summed E-state index contributed by atoms with van der Waals surface area (Å²) in [6, 6.07) is 7.21. The van der Waals surface area contributed by atoms with Crippen molar-refractivity contribution in [2.24, 2.45) is 0 Å². The molecular formula is C23H25N5O3. The molecule has 1 amide bonds. The van der Waals surface area contributed by atoms with E-state index >= 15 is 0 Å². The van der Waals surface area contributed by atoms with Crippen LogP contribution in [0.2, 0.25) is 0 Å². The van der Waals surface area contributed by atoms with Crippen molar-refractivity contribution in [3.8, 4) is 0 Å². The molecule has 8 heteroatoms. The highest BCUT2D eigenvalue weighted by Crippen LogP contribution is 2.41. The Morgan fingerprint density at radius 2 is 1.94 bits per heavy atom. The lowest BCUT2D eigenvalue weighted by Gasteiger charge is -2.44. The number of piperidine rings is 1. The van der Waals surface area contributed by atoms with E-state index in [0.29, 0.717) is 54.8 Å².